The normalized spacial score (nSPS) is 23.1. The van der Waals surface area contributed by atoms with E-state index in [9.17, 15) is 13.2 Å². The van der Waals surface area contributed by atoms with Gasteiger partial charge in [0.1, 0.15) is 11.4 Å². The number of carbonyl (C=O) groups excluding carboxylic acids is 1. The van der Waals surface area contributed by atoms with Gasteiger partial charge in [-0.05, 0) is 92.5 Å². The lowest BCUT2D eigenvalue weighted by Gasteiger charge is -2.51. The average molecular weight is 645 g/mol. The second kappa shape index (κ2) is 11.7. The number of halogens is 2. The summed E-state index contributed by atoms with van der Waals surface area (Å²) in [6.07, 6.45) is 0.726. The van der Waals surface area contributed by atoms with Crippen LogP contribution in [0, 0.1) is 18.8 Å². The number of sulfonamides is 1. The Hall–Kier alpha value is -2.58. The Morgan fingerprint density at radius 1 is 1.05 bits per heavy atom. The van der Waals surface area contributed by atoms with Gasteiger partial charge in [0.2, 0.25) is 5.91 Å². The molecule has 6 nitrogen and oxygen atoms in total. The maximum absolute atomic E-state index is 13.9. The molecular weight excluding hydrogens is 605 g/mol. The minimum Gasteiger partial charge on any atom is -0.487 e. The van der Waals surface area contributed by atoms with E-state index in [1.807, 2.05) is 38.1 Å². The van der Waals surface area contributed by atoms with Crippen molar-refractivity contribution in [2.75, 3.05) is 0 Å². The fourth-order valence-electron chi connectivity index (χ4n) is 6.20. The first-order valence-corrected chi connectivity index (χ1v) is 16.9. The number of rotatable bonds is 6. The number of nitrogens with one attached hydrogen (secondary N) is 1. The number of hydrogen-bond donors (Lipinski definition) is 1. The van der Waals surface area contributed by atoms with Crippen LogP contribution in [-0.2, 0) is 31.4 Å². The minimum absolute atomic E-state index is 0.0226. The van der Waals surface area contributed by atoms with Gasteiger partial charge in [0, 0.05) is 21.5 Å². The van der Waals surface area contributed by atoms with Gasteiger partial charge < -0.3 is 9.47 Å². The number of hydrogen-bond acceptors (Lipinski definition) is 5. The van der Waals surface area contributed by atoms with Crippen molar-refractivity contribution in [1.29, 1.82) is 0 Å². The van der Waals surface area contributed by atoms with E-state index in [0.717, 1.165) is 22.4 Å². The Balaban J connectivity index is 1.48. The molecule has 230 valence electrons. The van der Waals surface area contributed by atoms with E-state index in [2.05, 4.69) is 43.7 Å². The molecule has 5 rings (SSSR count). The molecule has 43 heavy (non-hydrogen) atoms. The van der Waals surface area contributed by atoms with Gasteiger partial charge in [-0.3, -0.25) is 4.79 Å². The van der Waals surface area contributed by atoms with Crippen molar-refractivity contribution in [3.63, 3.8) is 0 Å². The van der Waals surface area contributed by atoms with Gasteiger partial charge in [-0.15, -0.1) is 0 Å². The largest absolute Gasteiger partial charge is 0.487 e. The van der Waals surface area contributed by atoms with Gasteiger partial charge in [-0.1, -0.05) is 74.3 Å². The summed E-state index contributed by atoms with van der Waals surface area (Å²) in [5.74, 6) is -0.708. The summed E-state index contributed by atoms with van der Waals surface area (Å²) in [5, 5.41) is 0.962. The van der Waals surface area contributed by atoms with E-state index in [1.165, 1.54) is 6.07 Å². The first kappa shape index (κ1) is 31.8. The lowest BCUT2D eigenvalue weighted by Crippen LogP contribution is -2.54. The molecule has 0 unspecified atom stereocenters. The molecule has 1 amide bonds. The van der Waals surface area contributed by atoms with Gasteiger partial charge in [-0.25, -0.2) is 13.1 Å². The van der Waals surface area contributed by atoms with Crippen molar-refractivity contribution < 1.29 is 22.7 Å². The van der Waals surface area contributed by atoms with E-state index in [0.29, 0.717) is 34.9 Å². The van der Waals surface area contributed by atoms with Gasteiger partial charge in [0.25, 0.3) is 10.0 Å². The summed E-state index contributed by atoms with van der Waals surface area (Å²) in [6, 6.07) is 18.5. The van der Waals surface area contributed by atoms with Crippen molar-refractivity contribution in [2.24, 2.45) is 11.8 Å². The Morgan fingerprint density at radius 3 is 2.42 bits per heavy atom. The fraction of sp³-hybridized carbons (Fsp3) is 0.441. The molecule has 0 aromatic heterocycles. The van der Waals surface area contributed by atoms with Crippen molar-refractivity contribution in [3.8, 4) is 5.75 Å². The van der Waals surface area contributed by atoms with E-state index in [1.54, 1.807) is 19.1 Å². The van der Waals surface area contributed by atoms with Crippen molar-refractivity contribution in [2.45, 2.75) is 88.9 Å². The first-order valence-electron chi connectivity index (χ1n) is 14.6. The van der Waals surface area contributed by atoms with Gasteiger partial charge >= 0.3 is 0 Å². The summed E-state index contributed by atoms with van der Waals surface area (Å²) in [5.41, 5.74) is 2.85. The maximum Gasteiger partial charge on any atom is 0.264 e. The molecule has 4 atom stereocenters. The van der Waals surface area contributed by atoms with E-state index in [-0.39, 0.29) is 22.3 Å². The van der Waals surface area contributed by atoms with Gasteiger partial charge in [0.05, 0.1) is 23.0 Å². The Morgan fingerprint density at radius 2 is 1.74 bits per heavy atom. The highest BCUT2D eigenvalue weighted by Crippen LogP contribution is 2.53. The zero-order valence-electron chi connectivity index (χ0n) is 25.4. The number of fused-ring (bicyclic) bond motifs is 3. The predicted octanol–water partition coefficient (Wildman–Crippen LogP) is 7.97. The molecule has 0 radical (unpaired) electrons. The third-order valence-electron chi connectivity index (χ3n) is 8.81. The molecule has 9 heteroatoms. The lowest BCUT2D eigenvalue weighted by atomic mass is 9.70. The standard InChI is InChI=1S/C34H39Cl2NO5S/c1-20-27(36)8-7-9-30(20)43(39,40)37-32(38)25-19-26-31(41-28(25)17-12-21-10-14-23(35)15-11-21)24-16-13-22(33(2,3)4)18-29(24)42-34(26,5)6/h7-11,13-16,18,25-26,28,31H,12,17,19H2,1-6H3,(H,37,38)/t25-,26-,28-,31+/m0/s1. The topological polar surface area (TPSA) is 81.7 Å². The summed E-state index contributed by atoms with van der Waals surface area (Å²) in [7, 11) is -4.17. The van der Waals surface area contributed by atoms with Crippen LogP contribution in [0.4, 0.5) is 0 Å². The number of ether oxygens (including phenoxy) is 2. The molecule has 1 fully saturated rings. The monoisotopic (exact) mass is 643 g/mol. The Kier molecular flexibility index (Phi) is 8.69. The number of aryl methyl sites for hydroxylation is 1. The summed E-state index contributed by atoms with van der Waals surface area (Å²) >= 11 is 12.3. The molecule has 0 spiro atoms. The molecule has 0 bridgehead atoms. The number of carbonyl (C=O) groups is 1. The molecule has 3 aromatic rings. The molecule has 0 saturated carbocycles. The van der Waals surface area contributed by atoms with Crippen molar-refractivity contribution in [3.05, 3.63) is 93.0 Å². The van der Waals surface area contributed by atoms with Crippen molar-refractivity contribution >= 4 is 39.1 Å². The van der Waals surface area contributed by atoms with E-state index in [4.69, 9.17) is 32.7 Å². The summed E-state index contributed by atoms with van der Waals surface area (Å²) in [6.45, 7) is 12.1. The van der Waals surface area contributed by atoms with Gasteiger partial charge in [-0.2, -0.15) is 0 Å². The molecule has 1 N–H and O–H groups in total. The Bertz CT molecular complexity index is 1630. The SMILES string of the molecule is Cc1c(Cl)cccc1S(=O)(=O)NC(=O)[C@H]1C[C@H]2[C@H](O[C@H]1CCc1ccc(Cl)cc1)c1ccc(C(C)(C)C)cc1OC2(C)C. The highest BCUT2D eigenvalue weighted by Gasteiger charge is 2.52. The van der Waals surface area contributed by atoms with Crippen LogP contribution in [0.1, 0.15) is 75.8 Å². The summed E-state index contributed by atoms with van der Waals surface area (Å²) in [4.78, 5) is 13.9. The summed E-state index contributed by atoms with van der Waals surface area (Å²) < 4.78 is 42.5. The smallest absolute Gasteiger partial charge is 0.264 e. The molecular formula is C34H39Cl2NO5S. The second-order valence-electron chi connectivity index (χ2n) is 13.2. The van der Waals surface area contributed by atoms with Gasteiger partial charge in [0.15, 0.2) is 0 Å². The molecule has 3 aromatic carbocycles. The van der Waals surface area contributed by atoms with Crippen LogP contribution < -0.4 is 9.46 Å². The number of benzene rings is 3. The third-order valence-corrected chi connectivity index (χ3v) is 11.0. The van der Waals surface area contributed by atoms with Crippen LogP contribution in [0.3, 0.4) is 0 Å². The van der Waals surface area contributed by atoms with E-state index < -0.39 is 33.6 Å². The van der Waals surface area contributed by atoms with Crippen molar-refractivity contribution in [1.82, 2.24) is 4.72 Å². The van der Waals surface area contributed by atoms with Crippen LogP contribution in [0.15, 0.2) is 65.6 Å². The second-order valence-corrected chi connectivity index (χ2v) is 15.7. The number of amides is 1. The zero-order valence-corrected chi connectivity index (χ0v) is 27.7. The molecule has 2 heterocycles. The fourth-order valence-corrected chi connectivity index (χ4v) is 7.85. The quantitative estimate of drug-likeness (QED) is 0.295. The maximum atomic E-state index is 13.9. The van der Waals surface area contributed by atoms with Crippen LogP contribution in [0.25, 0.3) is 0 Å². The molecule has 2 aliphatic rings. The van der Waals surface area contributed by atoms with E-state index >= 15 is 0 Å². The lowest BCUT2D eigenvalue weighted by molar-refractivity contribution is -0.179. The molecule has 0 aliphatic carbocycles. The highest BCUT2D eigenvalue weighted by molar-refractivity contribution is 7.90. The Labute approximate surface area is 265 Å². The third kappa shape index (κ3) is 6.60. The minimum atomic E-state index is -4.17. The van der Waals surface area contributed by atoms with Crippen LogP contribution in [-0.4, -0.2) is 26.0 Å². The molecule has 1 saturated heterocycles. The first-order chi connectivity index (χ1) is 20.1. The molecule has 2 aliphatic heterocycles. The van der Waals surface area contributed by atoms with Crippen LogP contribution >= 0.6 is 23.2 Å². The zero-order chi connectivity index (χ0) is 31.3. The van der Waals surface area contributed by atoms with Crippen LogP contribution in [0.5, 0.6) is 5.75 Å². The highest BCUT2D eigenvalue weighted by atomic mass is 35.5. The average Bonchev–Trinajstić information content (AvgIpc) is 2.92. The predicted molar refractivity (Wildman–Crippen MR) is 170 cm³/mol. The van der Waals surface area contributed by atoms with Crippen LogP contribution in [0.2, 0.25) is 10.0 Å².